The topological polar surface area (TPSA) is 82.1 Å². The number of aryl methyl sites for hydroxylation is 1. The van der Waals surface area contributed by atoms with Gasteiger partial charge in [-0.3, -0.25) is 9.59 Å². The summed E-state index contributed by atoms with van der Waals surface area (Å²) in [5.41, 5.74) is 1.10. The van der Waals surface area contributed by atoms with E-state index in [9.17, 15) is 9.59 Å². The molecule has 0 saturated carbocycles. The molecule has 0 aliphatic rings. The zero-order valence-corrected chi connectivity index (χ0v) is 16.0. The van der Waals surface area contributed by atoms with E-state index in [-0.39, 0.29) is 17.5 Å². The molecular formula is C21H22N4O3. The van der Waals surface area contributed by atoms with Crippen molar-refractivity contribution in [2.75, 3.05) is 0 Å². The molecule has 0 aliphatic carbocycles. The third kappa shape index (κ3) is 2.98. The van der Waals surface area contributed by atoms with E-state index in [4.69, 9.17) is 4.42 Å². The molecule has 1 N–H and O–H groups in total. The normalized spacial score (nSPS) is 13.7. The Labute approximate surface area is 161 Å². The summed E-state index contributed by atoms with van der Waals surface area (Å²) in [6.45, 7) is 3.74. The summed E-state index contributed by atoms with van der Waals surface area (Å²) in [4.78, 5) is 25.8. The summed E-state index contributed by atoms with van der Waals surface area (Å²) < 4.78 is 8.46. The van der Waals surface area contributed by atoms with Crippen molar-refractivity contribution in [1.29, 1.82) is 0 Å². The predicted molar refractivity (Wildman–Crippen MR) is 107 cm³/mol. The molecule has 0 fully saturated rings. The van der Waals surface area contributed by atoms with E-state index in [2.05, 4.69) is 10.4 Å². The standard InChI is InChI=1S/C21H22N4O3/c1-13(11-15-7-6-10-28-15)23-20(26)14(2)25-18-9-5-4-8-16(18)17-12-22-24(3)21(27)19(17)25/h4-10,12-14H,11H2,1-3H3,(H,23,26)/t13-,14+/m1/s1. The molecule has 2 atom stereocenters. The van der Waals surface area contributed by atoms with Gasteiger partial charge in [0.2, 0.25) is 5.91 Å². The highest BCUT2D eigenvalue weighted by molar-refractivity contribution is 6.08. The molecule has 0 spiro atoms. The average Bonchev–Trinajstić information content (AvgIpc) is 3.30. The monoisotopic (exact) mass is 378 g/mol. The minimum Gasteiger partial charge on any atom is -0.469 e. The number of furan rings is 1. The zero-order chi connectivity index (χ0) is 19.8. The molecule has 0 aliphatic heterocycles. The predicted octanol–water partition coefficient (Wildman–Crippen LogP) is 2.79. The summed E-state index contributed by atoms with van der Waals surface area (Å²) in [6, 6.07) is 10.7. The Balaban J connectivity index is 1.73. The lowest BCUT2D eigenvalue weighted by Crippen LogP contribution is -2.38. The number of nitrogens with one attached hydrogen (secondary N) is 1. The van der Waals surface area contributed by atoms with Crippen LogP contribution in [0, 0.1) is 0 Å². The van der Waals surface area contributed by atoms with Gasteiger partial charge in [-0.2, -0.15) is 5.10 Å². The number of hydrogen-bond donors (Lipinski definition) is 1. The van der Waals surface area contributed by atoms with Crippen LogP contribution >= 0.6 is 0 Å². The van der Waals surface area contributed by atoms with Crippen molar-refractivity contribution in [3.05, 3.63) is 65.0 Å². The quantitative estimate of drug-likeness (QED) is 0.579. The van der Waals surface area contributed by atoms with Crippen LogP contribution in [0.1, 0.15) is 25.6 Å². The van der Waals surface area contributed by atoms with Crippen molar-refractivity contribution in [1.82, 2.24) is 19.7 Å². The highest BCUT2D eigenvalue weighted by Gasteiger charge is 2.24. The number of nitrogens with zero attached hydrogens (tertiary/aromatic N) is 3. The summed E-state index contributed by atoms with van der Waals surface area (Å²) in [5, 5.41) is 8.83. The molecule has 3 heterocycles. The van der Waals surface area contributed by atoms with Gasteiger partial charge in [-0.05, 0) is 32.0 Å². The van der Waals surface area contributed by atoms with Gasteiger partial charge in [0.15, 0.2) is 0 Å². The van der Waals surface area contributed by atoms with Crippen molar-refractivity contribution in [3.63, 3.8) is 0 Å². The zero-order valence-electron chi connectivity index (χ0n) is 16.0. The second-order valence-corrected chi connectivity index (χ2v) is 7.09. The van der Waals surface area contributed by atoms with E-state index in [1.54, 1.807) is 26.4 Å². The number of para-hydroxylation sites is 1. The Hall–Kier alpha value is -3.35. The maximum absolute atomic E-state index is 13.0. The molecule has 28 heavy (non-hydrogen) atoms. The van der Waals surface area contributed by atoms with E-state index >= 15 is 0 Å². The van der Waals surface area contributed by atoms with E-state index in [1.165, 1.54) is 4.68 Å². The average molecular weight is 378 g/mol. The molecule has 0 radical (unpaired) electrons. The highest BCUT2D eigenvalue weighted by atomic mass is 16.3. The van der Waals surface area contributed by atoms with Crippen LogP contribution < -0.4 is 10.9 Å². The maximum Gasteiger partial charge on any atom is 0.291 e. The van der Waals surface area contributed by atoms with Gasteiger partial charge in [0.1, 0.15) is 17.3 Å². The first-order chi connectivity index (χ1) is 13.5. The molecule has 144 valence electrons. The van der Waals surface area contributed by atoms with Crippen LogP contribution in [0.4, 0.5) is 0 Å². The van der Waals surface area contributed by atoms with Crippen LogP contribution in [-0.4, -0.2) is 26.3 Å². The molecular weight excluding hydrogens is 356 g/mol. The van der Waals surface area contributed by atoms with Crippen LogP contribution in [0.2, 0.25) is 0 Å². The molecule has 1 aromatic carbocycles. The summed E-state index contributed by atoms with van der Waals surface area (Å²) in [5.74, 6) is 0.665. The first-order valence-corrected chi connectivity index (χ1v) is 9.25. The number of benzene rings is 1. The SMILES string of the molecule is C[C@H](Cc1ccco1)NC(=O)[C@H](C)n1c2ccccc2c2cnn(C)c(=O)c21. The summed E-state index contributed by atoms with van der Waals surface area (Å²) in [7, 11) is 1.61. The van der Waals surface area contributed by atoms with E-state index in [1.807, 2.05) is 47.9 Å². The molecule has 1 amide bonds. The van der Waals surface area contributed by atoms with E-state index in [0.29, 0.717) is 11.9 Å². The maximum atomic E-state index is 13.0. The lowest BCUT2D eigenvalue weighted by molar-refractivity contribution is -0.124. The van der Waals surface area contributed by atoms with Gasteiger partial charge >= 0.3 is 0 Å². The number of rotatable bonds is 5. The van der Waals surface area contributed by atoms with Gasteiger partial charge in [-0.25, -0.2) is 4.68 Å². The van der Waals surface area contributed by atoms with Crippen LogP contribution in [0.3, 0.4) is 0 Å². The Kier molecular flexibility index (Phi) is 4.50. The van der Waals surface area contributed by atoms with Gasteiger partial charge in [-0.1, -0.05) is 18.2 Å². The van der Waals surface area contributed by atoms with Crippen molar-refractivity contribution in [2.24, 2.45) is 7.05 Å². The first-order valence-electron chi connectivity index (χ1n) is 9.25. The summed E-state index contributed by atoms with van der Waals surface area (Å²) >= 11 is 0. The van der Waals surface area contributed by atoms with Gasteiger partial charge in [0.05, 0.1) is 18.0 Å². The third-order valence-electron chi connectivity index (χ3n) is 5.05. The minimum atomic E-state index is -0.559. The van der Waals surface area contributed by atoms with Gasteiger partial charge in [0, 0.05) is 30.3 Å². The molecule has 4 rings (SSSR count). The molecule has 7 nitrogen and oxygen atoms in total. The Morgan fingerprint density at radius 1 is 1.18 bits per heavy atom. The van der Waals surface area contributed by atoms with Crippen molar-refractivity contribution < 1.29 is 9.21 Å². The van der Waals surface area contributed by atoms with Crippen LogP contribution in [0.25, 0.3) is 21.8 Å². The fourth-order valence-electron chi connectivity index (χ4n) is 3.65. The third-order valence-corrected chi connectivity index (χ3v) is 5.05. The lowest BCUT2D eigenvalue weighted by atomic mass is 10.2. The second-order valence-electron chi connectivity index (χ2n) is 7.09. The fourth-order valence-corrected chi connectivity index (χ4v) is 3.65. The number of fused-ring (bicyclic) bond motifs is 3. The fraction of sp³-hybridized carbons (Fsp3) is 0.286. The Morgan fingerprint density at radius 3 is 2.71 bits per heavy atom. The Bertz CT molecular complexity index is 1200. The minimum absolute atomic E-state index is 0.0984. The molecule has 0 unspecified atom stereocenters. The van der Waals surface area contributed by atoms with E-state index < -0.39 is 6.04 Å². The highest BCUT2D eigenvalue weighted by Crippen LogP contribution is 2.29. The second kappa shape index (κ2) is 6.99. The summed E-state index contributed by atoms with van der Waals surface area (Å²) in [6.07, 6.45) is 3.90. The van der Waals surface area contributed by atoms with Gasteiger partial charge in [0.25, 0.3) is 5.56 Å². The lowest BCUT2D eigenvalue weighted by Gasteiger charge is -2.19. The van der Waals surface area contributed by atoms with E-state index in [0.717, 1.165) is 22.0 Å². The van der Waals surface area contributed by atoms with Crippen LogP contribution in [-0.2, 0) is 18.3 Å². The largest absolute Gasteiger partial charge is 0.469 e. The number of carbonyl (C=O) groups is 1. The Morgan fingerprint density at radius 2 is 1.96 bits per heavy atom. The first kappa shape index (κ1) is 18.0. The molecule has 4 aromatic rings. The van der Waals surface area contributed by atoms with Crippen molar-refractivity contribution in [2.45, 2.75) is 32.4 Å². The number of hydrogen-bond acceptors (Lipinski definition) is 4. The number of amides is 1. The number of carbonyl (C=O) groups excluding carboxylic acids is 1. The molecule has 3 aromatic heterocycles. The molecule has 0 saturated heterocycles. The number of aromatic nitrogens is 3. The smallest absolute Gasteiger partial charge is 0.291 e. The van der Waals surface area contributed by atoms with Gasteiger partial charge in [-0.15, -0.1) is 0 Å². The molecule has 7 heteroatoms. The van der Waals surface area contributed by atoms with Crippen LogP contribution in [0.5, 0.6) is 0 Å². The van der Waals surface area contributed by atoms with Gasteiger partial charge < -0.3 is 14.3 Å². The van der Waals surface area contributed by atoms with Crippen molar-refractivity contribution in [3.8, 4) is 0 Å². The molecule has 0 bridgehead atoms. The van der Waals surface area contributed by atoms with Crippen LogP contribution in [0.15, 0.2) is 58.1 Å². The van der Waals surface area contributed by atoms with Crippen molar-refractivity contribution >= 4 is 27.7 Å².